The highest BCUT2D eigenvalue weighted by molar-refractivity contribution is 5.78. The van der Waals surface area contributed by atoms with Crippen molar-refractivity contribution in [2.24, 2.45) is 5.41 Å². The number of likely N-dealkylation sites (tertiary alicyclic amines) is 1. The van der Waals surface area contributed by atoms with Gasteiger partial charge < -0.3 is 19.1 Å². The highest BCUT2D eigenvalue weighted by Crippen LogP contribution is 2.42. The van der Waals surface area contributed by atoms with E-state index in [0.29, 0.717) is 13.0 Å². The van der Waals surface area contributed by atoms with Gasteiger partial charge in [0.2, 0.25) is 5.91 Å². The number of ether oxygens (including phenoxy) is 3. The first-order valence-electron chi connectivity index (χ1n) is 9.24. The van der Waals surface area contributed by atoms with Gasteiger partial charge in [0.1, 0.15) is 5.75 Å². The molecule has 3 rings (SSSR count). The standard InChI is InChI=1S/C20H29NO4/c1-3-24-14-18-13-20(15-25-18)8-10-21(11-9-20)19(22)12-16-4-6-17(23-2)7-5-16/h4-7,18H,3,8-15H2,1-2H3/t18-/m1/s1. The SMILES string of the molecule is CCOC[C@H]1CC2(CCN(C(=O)Cc3ccc(OC)cc3)CC2)CO1. The summed E-state index contributed by atoms with van der Waals surface area (Å²) in [5, 5.41) is 0. The summed E-state index contributed by atoms with van der Waals surface area (Å²) in [5.74, 6) is 1.03. The number of hydrogen-bond acceptors (Lipinski definition) is 4. The van der Waals surface area contributed by atoms with E-state index in [2.05, 4.69) is 0 Å². The van der Waals surface area contributed by atoms with Crippen LogP contribution < -0.4 is 4.74 Å². The third-order valence-electron chi connectivity index (χ3n) is 5.48. The average Bonchev–Trinajstić information content (AvgIpc) is 3.03. The number of carbonyl (C=O) groups excluding carboxylic acids is 1. The summed E-state index contributed by atoms with van der Waals surface area (Å²) in [6.07, 6.45) is 3.81. The number of piperidine rings is 1. The Balaban J connectivity index is 1.47. The van der Waals surface area contributed by atoms with Crippen molar-refractivity contribution >= 4 is 5.91 Å². The summed E-state index contributed by atoms with van der Waals surface area (Å²) in [5.41, 5.74) is 1.28. The van der Waals surface area contributed by atoms with Gasteiger partial charge in [-0.15, -0.1) is 0 Å². The van der Waals surface area contributed by atoms with E-state index in [1.165, 1.54) is 0 Å². The summed E-state index contributed by atoms with van der Waals surface area (Å²) in [6.45, 7) is 5.92. The van der Waals surface area contributed by atoms with Crippen LogP contribution in [-0.4, -0.2) is 56.9 Å². The van der Waals surface area contributed by atoms with Gasteiger partial charge >= 0.3 is 0 Å². The number of rotatable bonds is 6. The van der Waals surface area contributed by atoms with E-state index in [1.54, 1.807) is 7.11 Å². The molecule has 0 N–H and O–H groups in total. The molecule has 25 heavy (non-hydrogen) atoms. The van der Waals surface area contributed by atoms with Crippen molar-refractivity contribution in [1.29, 1.82) is 0 Å². The van der Waals surface area contributed by atoms with Crippen LogP contribution in [-0.2, 0) is 20.7 Å². The molecule has 5 nitrogen and oxygen atoms in total. The van der Waals surface area contributed by atoms with E-state index in [9.17, 15) is 4.79 Å². The molecule has 0 saturated carbocycles. The Bertz CT molecular complexity index is 564. The van der Waals surface area contributed by atoms with Gasteiger partial charge in [-0.25, -0.2) is 0 Å². The maximum atomic E-state index is 12.6. The highest BCUT2D eigenvalue weighted by Gasteiger charge is 2.42. The van der Waals surface area contributed by atoms with Crippen molar-refractivity contribution in [3.63, 3.8) is 0 Å². The summed E-state index contributed by atoms with van der Waals surface area (Å²) in [4.78, 5) is 14.6. The van der Waals surface area contributed by atoms with Crippen molar-refractivity contribution in [1.82, 2.24) is 4.90 Å². The molecule has 2 aliphatic heterocycles. The quantitative estimate of drug-likeness (QED) is 0.794. The summed E-state index contributed by atoms with van der Waals surface area (Å²) < 4.78 is 16.6. The fourth-order valence-corrected chi connectivity index (χ4v) is 3.86. The van der Waals surface area contributed by atoms with Gasteiger partial charge in [0.15, 0.2) is 0 Å². The Morgan fingerprint density at radius 2 is 2.00 bits per heavy atom. The molecule has 2 heterocycles. The first-order valence-corrected chi connectivity index (χ1v) is 9.24. The van der Waals surface area contributed by atoms with Crippen molar-refractivity contribution < 1.29 is 19.0 Å². The Morgan fingerprint density at radius 3 is 2.64 bits per heavy atom. The third-order valence-corrected chi connectivity index (χ3v) is 5.48. The minimum atomic E-state index is 0.213. The molecule has 5 heteroatoms. The minimum Gasteiger partial charge on any atom is -0.497 e. The van der Waals surface area contributed by atoms with E-state index in [-0.39, 0.29) is 17.4 Å². The monoisotopic (exact) mass is 347 g/mol. The van der Waals surface area contributed by atoms with E-state index >= 15 is 0 Å². The lowest BCUT2D eigenvalue weighted by atomic mass is 9.76. The molecule has 1 spiro atoms. The first-order chi connectivity index (χ1) is 12.1. The number of amides is 1. The lowest BCUT2D eigenvalue weighted by Crippen LogP contribution is -2.44. The zero-order valence-electron chi connectivity index (χ0n) is 15.3. The predicted octanol–water partition coefficient (Wildman–Crippen LogP) is 2.67. The molecule has 138 valence electrons. The molecule has 0 bridgehead atoms. The highest BCUT2D eigenvalue weighted by atomic mass is 16.5. The molecule has 1 aromatic rings. The molecule has 0 aromatic heterocycles. The largest absolute Gasteiger partial charge is 0.497 e. The average molecular weight is 347 g/mol. The molecule has 2 fully saturated rings. The van der Waals surface area contributed by atoms with Gasteiger partial charge in [0.25, 0.3) is 0 Å². The Hall–Kier alpha value is -1.59. The zero-order chi connectivity index (χ0) is 17.7. The summed E-state index contributed by atoms with van der Waals surface area (Å²) in [7, 11) is 1.65. The van der Waals surface area contributed by atoms with Crippen LogP contribution in [0, 0.1) is 5.41 Å². The normalized spacial score (nSPS) is 22.3. The van der Waals surface area contributed by atoms with Crippen LogP contribution in [0.25, 0.3) is 0 Å². The van der Waals surface area contributed by atoms with E-state index in [4.69, 9.17) is 14.2 Å². The molecule has 1 amide bonds. The van der Waals surface area contributed by atoms with Crippen molar-refractivity contribution in [2.45, 2.75) is 38.7 Å². The van der Waals surface area contributed by atoms with Crippen LogP contribution in [0.4, 0.5) is 0 Å². The second-order valence-electron chi connectivity index (χ2n) is 7.20. The Labute approximate surface area is 150 Å². The lowest BCUT2D eigenvalue weighted by molar-refractivity contribution is -0.132. The molecule has 2 saturated heterocycles. The maximum Gasteiger partial charge on any atom is 0.226 e. The van der Waals surface area contributed by atoms with Crippen LogP contribution in [0.3, 0.4) is 0 Å². The third kappa shape index (κ3) is 4.53. The van der Waals surface area contributed by atoms with Crippen molar-refractivity contribution in [3.05, 3.63) is 29.8 Å². The molecular formula is C20H29NO4. The maximum absolute atomic E-state index is 12.6. The fraction of sp³-hybridized carbons (Fsp3) is 0.650. The lowest BCUT2D eigenvalue weighted by Gasteiger charge is -2.38. The minimum absolute atomic E-state index is 0.213. The van der Waals surface area contributed by atoms with Crippen LogP contribution in [0.5, 0.6) is 5.75 Å². The molecule has 1 aromatic carbocycles. The van der Waals surface area contributed by atoms with Crippen LogP contribution in [0.2, 0.25) is 0 Å². The summed E-state index contributed by atoms with van der Waals surface area (Å²) >= 11 is 0. The number of benzene rings is 1. The van der Waals surface area contributed by atoms with Crippen molar-refractivity contribution in [3.8, 4) is 5.75 Å². The smallest absolute Gasteiger partial charge is 0.226 e. The molecule has 0 unspecified atom stereocenters. The molecule has 1 atom stereocenters. The van der Waals surface area contributed by atoms with Gasteiger partial charge in [-0.05, 0) is 49.3 Å². The van der Waals surface area contributed by atoms with Gasteiger partial charge in [-0.1, -0.05) is 12.1 Å². The Morgan fingerprint density at radius 1 is 1.28 bits per heavy atom. The number of hydrogen-bond donors (Lipinski definition) is 0. The predicted molar refractivity (Wildman–Crippen MR) is 95.8 cm³/mol. The van der Waals surface area contributed by atoms with Gasteiger partial charge in [-0.2, -0.15) is 0 Å². The van der Waals surface area contributed by atoms with E-state index in [1.807, 2.05) is 36.1 Å². The molecule has 2 aliphatic rings. The first kappa shape index (κ1) is 18.2. The summed E-state index contributed by atoms with van der Waals surface area (Å²) in [6, 6.07) is 7.74. The van der Waals surface area contributed by atoms with Crippen LogP contribution in [0.15, 0.2) is 24.3 Å². The van der Waals surface area contributed by atoms with Crippen molar-refractivity contribution in [2.75, 3.05) is 40.0 Å². The second kappa shape index (κ2) is 8.19. The fourth-order valence-electron chi connectivity index (χ4n) is 3.86. The van der Waals surface area contributed by atoms with Gasteiger partial charge in [0.05, 0.1) is 32.8 Å². The zero-order valence-corrected chi connectivity index (χ0v) is 15.3. The van der Waals surface area contributed by atoms with Crippen LogP contribution >= 0.6 is 0 Å². The van der Waals surface area contributed by atoms with Gasteiger partial charge in [-0.3, -0.25) is 4.79 Å². The topological polar surface area (TPSA) is 48.0 Å². The number of carbonyl (C=O) groups is 1. The number of nitrogens with zero attached hydrogens (tertiary/aromatic N) is 1. The van der Waals surface area contributed by atoms with E-state index < -0.39 is 0 Å². The molecular weight excluding hydrogens is 318 g/mol. The van der Waals surface area contributed by atoms with Gasteiger partial charge in [0, 0.05) is 19.7 Å². The van der Waals surface area contributed by atoms with Crippen LogP contribution in [0.1, 0.15) is 31.7 Å². The second-order valence-corrected chi connectivity index (χ2v) is 7.20. The Kier molecular flexibility index (Phi) is 5.97. The van der Waals surface area contributed by atoms with E-state index in [0.717, 1.165) is 56.9 Å². The number of methoxy groups -OCH3 is 1. The molecule has 0 radical (unpaired) electrons. The molecule has 0 aliphatic carbocycles.